The van der Waals surface area contributed by atoms with Crippen molar-refractivity contribution in [3.05, 3.63) is 18.0 Å². The van der Waals surface area contributed by atoms with Crippen LogP contribution in [0.2, 0.25) is 0 Å². The van der Waals surface area contributed by atoms with Crippen LogP contribution in [-0.4, -0.2) is 30.0 Å². The van der Waals surface area contributed by atoms with Crippen LogP contribution in [0.4, 0.5) is 0 Å². The van der Waals surface area contributed by atoms with E-state index in [0.29, 0.717) is 16.7 Å². The van der Waals surface area contributed by atoms with Crippen molar-refractivity contribution in [2.24, 2.45) is 5.73 Å². The largest absolute Gasteiger partial charge is 0.349 e. The number of nitrogens with one attached hydrogen (secondary N) is 1. The monoisotopic (exact) mass is 331 g/mol. The Labute approximate surface area is 131 Å². The molecular formula is C14H25N3O2S2. The first kappa shape index (κ1) is 16.9. The van der Waals surface area contributed by atoms with E-state index in [0.717, 1.165) is 37.3 Å². The molecule has 120 valence electrons. The molecule has 2 unspecified atom stereocenters. The molecule has 0 spiro atoms. The molecule has 0 bridgehead atoms. The van der Waals surface area contributed by atoms with E-state index < -0.39 is 10.0 Å². The second kappa shape index (κ2) is 7.17. The SMILES string of the molecule is CCSC1CCC(NS(=O)(=O)c2cc(CN)n(CC)c2)C1. The summed E-state index contributed by atoms with van der Waals surface area (Å²) in [6, 6.07) is 1.74. The Bertz CT molecular complexity index is 547. The van der Waals surface area contributed by atoms with Gasteiger partial charge in [-0.3, -0.25) is 0 Å². The first-order valence-corrected chi connectivity index (χ1v) is 10.1. The summed E-state index contributed by atoms with van der Waals surface area (Å²) in [5, 5.41) is 0.586. The molecule has 1 heterocycles. The summed E-state index contributed by atoms with van der Waals surface area (Å²) in [5.41, 5.74) is 6.51. The van der Waals surface area contributed by atoms with Crippen molar-refractivity contribution < 1.29 is 8.42 Å². The molecule has 2 rings (SSSR count). The van der Waals surface area contributed by atoms with Crippen molar-refractivity contribution in [3.63, 3.8) is 0 Å². The lowest BCUT2D eigenvalue weighted by atomic mass is 10.3. The summed E-state index contributed by atoms with van der Waals surface area (Å²) in [4.78, 5) is 0.330. The Morgan fingerprint density at radius 3 is 2.76 bits per heavy atom. The zero-order chi connectivity index (χ0) is 15.5. The number of rotatable bonds is 7. The molecule has 1 aliphatic rings. The number of aromatic nitrogens is 1. The van der Waals surface area contributed by atoms with Gasteiger partial charge in [0.2, 0.25) is 10.0 Å². The number of aryl methyl sites for hydroxylation is 1. The highest BCUT2D eigenvalue weighted by molar-refractivity contribution is 7.99. The highest BCUT2D eigenvalue weighted by Crippen LogP contribution is 2.30. The van der Waals surface area contributed by atoms with Crippen LogP contribution in [0.25, 0.3) is 0 Å². The predicted molar refractivity (Wildman–Crippen MR) is 87.9 cm³/mol. The summed E-state index contributed by atoms with van der Waals surface area (Å²) < 4.78 is 29.7. The van der Waals surface area contributed by atoms with Gasteiger partial charge in [-0.2, -0.15) is 11.8 Å². The van der Waals surface area contributed by atoms with Gasteiger partial charge in [-0.05, 0) is 38.0 Å². The summed E-state index contributed by atoms with van der Waals surface area (Å²) in [6.07, 6.45) is 4.62. The lowest BCUT2D eigenvalue weighted by Crippen LogP contribution is -2.33. The quantitative estimate of drug-likeness (QED) is 0.800. The third-order valence-electron chi connectivity index (χ3n) is 3.93. The maximum Gasteiger partial charge on any atom is 0.242 e. The van der Waals surface area contributed by atoms with Gasteiger partial charge in [0.1, 0.15) is 0 Å². The van der Waals surface area contributed by atoms with Gasteiger partial charge in [-0.1, -0.05) is 6.92 Å². The van der Waals surface area contributed by atoms with E-state index in [1.807, 2.05) is 23.3 Å². The highest BCUT2D eigenvalue weighted by Gasteiger charge is 2.29. The maximum absolute atomic E-state index is 12.5. The third-order valence-corrected chi connectivity index (χ3v) is 6.65. The van der Waals surface area contributed by atoms with Gasteiger partial charge < -0.3 is 10.3 Å². The summed E-state index contributed by atoms with van der Waals surface area (Å²) in [5.74, 6) is 1.09. The van der Waals surface area contributed by atoms with Crippen LogP contribution >= 0.6 is 11.8 Å². The molecule has 3 N–H and O–H groups in total. The maximum atomic E-state index is 12.5. The summed E-state index contributed by atoms with van der Waals surface area (Å²) in [6.45, 7) is 5.19. The zero-order valence-electron chi connectivity index (χ0n) is 12.7. The number of nitrogens with two attached hydrogens (primary N) is 1. The van der Waals surface area contributed by atoms with E-state index in [2.05, 4.69) is 11.6 Å². The van der Waals surface area contributed by atoms with E-state index >= 15 is 0 Å². The zero-order valence-corrected chi connectivity index (χ0v) is 14.3. The second-order valence-electron chi connectivity index (χ2n) is 5.37. The number of hydrogen-bond acceptors (Lipinski definition) is 4. The lowest BCUT2D eigenvalue weighted by Gasteiger charge is -2.12. The fraction of sp³-hybridized carbons (Fsp3) is 0.714. The number of hydrogen-bond donors (Lipinski definition) is 2. The molecule has 5 nitrogen and oxygen atoms in total. The molecule has 21 heavy (non-hydrogen) atoms. The topological polar surface area (TPSA) is 77.1 Å². The fourth-order valence-corrected chi connectivity index (χ4v) is 5.35. The molecule has 0 radical (unpaired) electrons. The first-order chi connectivity index (χ1) is 10.00. The number of nitrogens with zero attached hydrogens (tertiary/aromatic N) is 1. The molecular weight excluding hydrogens is 306 g/mol. The van der Waals surface area contributed by atoms with E-state index in [1.165, 1.54) is 0 Å². The molecule has 0 amide bonds. The van der Waals surface area contributed by atoms with Crippen LogP contribution in [0.15, 0.2) is 17.2 Å². The summed E-state index contributed by atoms with van der Waals surface area (Å²) in [7, 11) is -3.44. The van der Waals surface area contributed by atoms with Gasteiger partial charge >= 0.3 is 0 Å². The van der Waals surface area contributed by atoms with Crippen molar-refractivity contribution in [2.45, 2.75) is 62.4 Å². The van der Waals surface area contributed by atoms with Crippen molar-refractivity contribution in [1.82, 2.24) is 9.29 Å². The van der Waals surface area contributed by atoms with Gasteiger partial charge in [-0.15, -0.1) is 0 Å². The fourth-order valence-electron chi connectivity index (χ4n) is 2.86. The minimum atomic E-state index is -3.44. The average Bonchev–Trinajstić information content (AvgIpc) is 3.05. The van der Waals surface area contributed by atoms with Gasteiger partial charge in [0.15, 0.2) is 0 Å². The standard InChI is InChI=1S/C14H25N3O2S2/c1-3-17-10-14(8-12(17)9-15)21(18,19)16-11-5-6-13(7-11)20-4-2/h8,10-11,13,16H,3-7,9,15H2,1-2H3. The molecule has 0 aromatic carbocycles. The summed E-state index contributed by atoms with van der Waals surface area (Å²) >= 11 is 1.92. The van der Waals surface area contributed by atoms with E-state index in [-0.39, 0.29) is 6.04 Å². The van der Waals surface area contributed by atoms with Crippen LogP contribution in [0, 0.1) is 0 Å². The van der Waals surface area contributed by atoms with E-state index in [1.54, 1.807) is 12.3 Å². The predicted octanol–water partition coefficient (Wildman–Crippen LogP) is 1.92. The minimum Gasteiger partial charge on any atom is -0.349 e. The lowest BCUT2D eigenvalue weighted by molar-refractivity contribution is 0.552. The number of sulfonamides is 1. The molecule has 7 heteroatoms. The minimum absolute atomic E-state index is 0.0605. The Balaban J connectivity index is 2.07. The molecule has 0 saturated heterocycles. The molecule has 0 aliphatic heterocycles. The van der Waals surface area contributed by atoms with Gasteiger partial charge in [0.05, 0.1) is 4.90 Å². The van der Waals surface area contributed by atoms with Crippen LogP contribution in [0.1, 0.15) is 38.8 Å². The highest BCUT2D eigenvalue weighted by atomic mass is 32.2. The smallest absolute Gasteiger partial charge is 0.242 e. The van der Waals surface area contributed by atoms with Crippen molar-refractivity contribution in [1.29, 1.82) is 0 Å². The molecule has 1 aromatic heterocycles. The molecule has 1 fully saturated rings. The van der Waals surface area contributed by atoms with Crippen molar-refractivity contribution in [2.75, 3.05) is 5.75 Å². The molecule has 1 saturated carbocycles. The van der Waals surface area contributed by atoms with Gasteiger partial charge in [0, 0.05) is 36.3 Å². The van der Waals surface area contributed by atoms with Crippen LogP contribution < -0.4 is 10.5 Å². The van der Waals surface area contributed by atoms with Crippen molar-refractivity contribution >= 4 is 21.8 Å². The Kier molecular flexibility index (Phi) is 5.76. The van der Waals surface area contributed by atoms with Crippen molar-refractivity contribution in [3.8, 4) is 0 Å². The molecule has 1 aliphatic carbocycles. The molecule has 2 atom stereocenters. The van der Waals surface area contributed by atoms with Gasteiger partial charge in [0.25, 0.3) is 0 Å². The van der Waals surface area contributed by atoms with Crippen LogP contribution in [-0.2, 0) is 23.1 Å². The first-order valence-electron chi connectivity index (χ1n) is 7.53. The van der Waals surface area contributed by atoms with E-state index in [4.69, 9.17) is 5.73 Å². The average molecular weight is 332 g/mol. The number of thioether (sulfide) groups is 1. The normalized spacial score (nSPS) is 22.8. The second-order valence-corrected chi connectivity index (χ2v) is 8.66. The van der Waals surface area contributed by atoms with E-state index in [9.17, 15) is 8.42 Å². The third kappa shape index (κ3) is 4.03. The Morgan fingerprint density at radius 1 is 1.43 bits per heavy atom. The Hall–Kier alpha value is -0.500. The van der Waals surface area contributed by atoms with Gasteiger partial charge in [-0.25, -0.2) is 13.1 Å². The van der Waals surface area contributed by atoms with Crippen LogP contribution in [0.5, 0.6) is 0 Å². The Morgan fingerprint density at radius 2 is 2.19 bits per heavy atom. The molecule has 1 aromatic rings. The van der Waals surface area contributed by atoms with Crippen LogP contribution in [0.3, 0.4) is 0 Å².